The van der Waals surface area contributed by atoms with Crippen molar-refractivity contribution < 1.29 is 0 Å². The molecular weight excluding hydrogens is 222 g/mol. The molecule has 1 aliphatic carbocycles. The fraction of sp³-hybridized carbons (Fsp3) is 0.800. The van der Waals surface area contributed by atoms with E-state index >= 15 is 0 Å². The van der Waals surface area contributed by atoms with Crippen molar-refractivity contribution in [1.29, 1.82) is 0 Å². The summed E-state index contributed by atoms with van der Waals surface area (Å²) in [5.74, 6) is 1.36. The van der Waals surface area contributed by atoms with Crippen LogP contribution >= 0.6 is 0 Å². The summed E-state index contributed by atoms with van der Waals surface area (Å²) in [5.41, 5.74) is 7.87. The van der Waals surface area contributed by atoms with Crippen LogP contribution in [0.3, 0.4) is 0 Å². The molecule has 2 rings (SSSR count). The van der Waals surface area contributed by atoms with Gasteiger partial charge >= 0.3 is 0 Å². The van der Waals surface area contributed by atoms with E-state index in [-0.39, 0.29) is 5.41 Å². The number of rotatable bonds is 3. The van der Waals surface area contributed by atoms with Crippen LogP contribution in [0.1, 0.15) is 52.5 Å². The summed E-state index contributed by atoms with van der Waals surface area (Å²) >= 11 is 0. The topological polar surface area (TPSA) is 43.8 Å². The highest BCUT2D eigenvalue weighted by atomic mass is 15.3. The van der Waals surface area contributed by atoms with Crippen LogP contribution in [0.5, 0.6) is 0 Å². The van der Waals surface area contributed by atoms with E-state index in [0.717, 1.165) is 18.9 Å². The standard InChI is InChI=1S/C15H27N3/c1-5-18-10-12(9-17-18)15(3,4)13-7-6-11(2)8-14(13)16/h9-11,13-14H,5-8,16H2,1-4H3. The van der Waals surface area contributed by atoms with E-state index in [4.69, 9.17) is 5.73 Å². The number of hydrogen-bond donors (Lipinski definition) is 1. The third-order valence-corrected chi connectivity index (χ3v) is 4.79. The molecule has 1 aromatic heterocycles. The largest absolute Gasteiger partial charge is 0.327 e. The van der Waals surface area contributed by atoms with E-state index < -0.39 is 0 Å². The van der Waals surface area contributed by atoms with Gasteiger partial charge in [0.1, 0.15) is 0 Å². The zero-order chi connectivity index (χ0) is 13.3. The van der Waals surface area contributed by atoms with Gasteiger partial charge in [0, 0.05) is 18.8 Å². The second-order valence-corrected chi connectivity index (χ2v) is 6.49. The van der Waals surface area contributed by atoms with Gasteiger partial charge in [-0.25, -0.2) is 0 Å². The van der Waals surface area contributed by atoms with E-state index in [1.54, 1.807) is 0 Å². The molecule has 2 N–H and O–H groups in total. The van der Waals surface area contributed by atoms with E-state index in [2.05, 4.69) is 39.0 Å². The van der Waals surface area contributed by atoms with Crippen LogP contribution in [0.25, 0.3) is 0 Å². The fourth-order valence-electron chi connectivity index (χ4n) is 3.40. The predicted octanol–water partition coefficient (Wildman–Crippen LogP) is 2.94. The Morgan fingerprint density at radius 3 is 2.72 bits per heavy atom. The first kappa shape index (κ1) is 13.6. The quantitative estimate of drug-likeness (QED) is 0.895. The molecule has 0 spiro atoms. The van der Waals surface area contributed by atoms with Gasteiger partial charge < -0.3 is 5.73 Å². The smallest absolute Gasteiger partial charge is 0.0527 e. The highest BCUT2D eigenvalue weighted by Crippen LogP contribution is 2.41. The summed E-state index contributed by atoms with van der Waals surface area (Å²) in [6, 6.07) is 0.328. The molecule has 3 atom stereocenters. The van der Waals surface area contributed by atoms with E-state index in [1.807, 2.05) is 10.9 Å². The molecule has 0 aromatic carbocycles. The molecule has 3 nitrogen and oxygen atoms in total. The summed E-state index contributed by atoms with van der Waals surface area (Å²) in [6.45, 7) is 10.0. The second-order valence-electron chi connectivity index (χ2n) is 6.49. The molecule has 1 heterocycles. The van der Waals surface area contributed by atoms with Gasteiger partial charge in [0.15, 0.2) is 0 Å². The fourth-order valence-corrected chi connectivity index (χ4v) is 3.40. The minimum Gasteiger partial charge on any atom is -0.327 e. The third kappa shape index (κ3) is 2.46. The average Bonchev–Trinajstić information content (AvgIpc) is 2.77. The van der Waals surface area contributed by atoms with Crippen LogP contribution < -0.4 is 5.73 Å². The van der Waals surface area contributed by atoms with Crippen molar-refractivity contribution in [3.8, 4) is 0 Å². The zero-order valence-electron chi connectivity index (χ0n) is 12.2. The van der Waals surface area contributed by atoms with Crippen LogP contribution in [0, 0.1) is 11.8 Å². The third-order valence-electron chi connectivity index (χ3n) is 4.79. The molecule has 0 saturated heterocycles. The summed E-state index contributed by atoms with van der Waals surface area (Å²) < 4.78 is 2.01. The zero-order valence-corrected chi connectivity index (χ0v) is 12.2. The molecule has 0 aliphatic heterocycles. The van der Waals surface area contributed by atoms with Crippen molar-refractivity contribution in [2.24, 2.45) is 17.6 Å². The highest BCUT2D eigenvalue weighted by Gasteiger charge is 2.38. The molecule has 102 valence electrons. The maximum absolute atomic E-state index is 6.40. The first-order valence-electron chi connectivity index (χ1n) is 7.23. The van der Waals surface area contributed by atoms with E-state index in [1.165, 1.54) is 18.4 Å². The van der Waals surface area contributed by atoms with Gasteiger partial charge in [-0.3, -0.25) is 4.68 Å². The Morgan fingerprint density at radius 1 is 1.44 bits per heavy atom. The Labute approximate surface area is 111 Å². The summed E-state index contributed by atoms with van der Waals surface area (Å²) in [4.78, 5) is 0. The lowest BCUT2D eigenvalue weighted by Crippen LogP contribution is -2.45. The van der Waals surface area contributed by atoms with Crippen molar-refractivity contribution in [1.82, 2.24) is 9.78 Å². The van der Waals surface area contributed by atoms with Gasteiger partial charge in [-0.05, 0) is 42.6 Å². The Bertz CT molecular complexity index is 394. The maximum Gasteiger partial charge on any atom is 0.0527 e. The summed E-state index contributed by atoms with van der Waals surface area (Å²) in [6.07, 6.45) is 7.92. The van der Waals surface area contributed by atoms with Gasteiger partial charge in [0.25, 0.3) is 0 Å². The van der Waals surface area contributed by atoms with Gasteiger partial charge in [0.05, 0.1) is 6.20 Å². The van der Waals surface area contributed by atoms with Gasteiger partial charge in [-0.1, -0.05) is 27.2 Å². The predicted molar refractivity (Wildman–Crippen MR) is 75.4 cm³/mol. The van der Waals surface area contributed by atoms with Gasteiger partial charge in [-0.2, -0.15) is 5.10 Å². The lowest BCUT2D eigenvalue weighted by atomic mass is 9.64. The Hall–Kier alpha value is -0.830. The SMILES string of the molecule is CCn1cc(C(C)(C)C2CCC(C)CC2N)cn1. The van der Waals surface area contributed by atoms with Crippen LogP contribution in [0.2, 0.25) is 0 Å². The van der Waals surface area contributed by atoms with Crippen molar-refractivity contribution in [2.45, 2.75) is 65.0 Å². The lowest BCUT2D eigenvalue weighted by Gasteiger charge is -2.42. The van der Waals surface area contributed by atoms with Crippen molar-refractivity contribution in [3.05, 3.63) is 18.0 Å². The highest BCUT2D eigenvalue weighted by molar-refractivity contribution is 5.20. The van der Waals surface area contributed by atoms with Crippen LogP contribution in [0.15, 0.2) is 12.4 Å². The molecule has 1 fully saturated rings. The van der Waals surface area contributed by atoms with Crippen molar-refractivity contribution >= 4 is 0 Å². The minimum atomic E-state index is 0.132. The molecule has 0 radical (unpaired) electrons. The first-order valence-corrected chi connectivity index (χ1v) is 7.23. The normalized spacial score (nSPS) is 29.5. The molecule has 0 bridgehead atoms. The number of aryl methyl sites for hydroxylation is 1. The van der Waals surface area contributed by atoms with Gasteiger partial charge in [-0.15, -0.1) is 0 Å². The van der Waals surface area contributed by atoms with Crippen LogP contribution in [0.4, 0.5) is 0 Å². The number of nitrogens with two attached hydrogens (primary N) is 1. The first-order chi connectivity index (χ1) is 8.45. The lowest BCUT2D eigenvalue weighted by molar-refractivity contribution is 0.171. The molecule has 3 heteroatoms. The van der Waals surface area contributed by atoms with Crippen LogP contribution in [-0.2, 0) is 12.0 Å². The van der Waals surface area contributed by atoms with Crippen LogP contribution in [-0.4, -0.2) is 15.8 Å². The molecule has 1 aliphatic rings. The van der Waals surface area contributed by atoms with Gasteiger partial charge in [0.2, 0.25) is 0 Å². The minimum absolute atomic E-state index is 0.132. The monoisotopic (exact) mass is 249 g/mol. The molecular formula is C15H27N3. The summed E-state index contributed by atoms with van der Waals surface area (Å²) in [5, 5.41) is 4.41. The number of aromatic nitrogens is 2. The van der Waals surface area contributed by atoms with E-state index in [9.17, 15) is 0 Å². The number of nitrogens with zero attached hydrogens (tertiary/aromatic N) is 2. The Kier molecular flexibility index (Phi) is 3.81. The van der Waals surface area contributed by atoms with E-state index in [0.29, 0.717) is 12.0 Å². The molecule has 1 saturated carbocycles. The summed E-state index contributed by atoms with van der Waals surface area (Å²) in [7, 11) is 0. The Balaban J connectivity index is 2.19. The maximum atomic E-state index is 6.40. The number of hydrogen-bond acceptors (Lipinski definition) is 2. The second kappa shape index (κ2) is 5.04. The molecule has 0 amide bonds. The molecule has 3 unspecified atom stereocenters. The van der Waals surface area contributed by atoms with Crippen molar-refractivity contribution in [2.75, 3.05) is 0 Å². The molecule has 1 aromatic rings. The average molecular weight is 249 g/mol. The Morgan fingerprint density at radius 2 is 2.17 bits per heavy atom. The molecule has 18 heavy (non-hydrogen) atoms. The van der Waals surface area contributed by atoms with Crippen molar-refractivity contribution in [3.63, 3.8) is 0 Å².